The molecule has 2 nitrogen and oxygen atoms in total. The van der Waals surface area contributed by atoms with Gasteiger partial charge in [-0.15, -0.1) is 0 Å². The monoisotopic (exact) mass is 205 g/mol. The fourth-order valence-electron chi connectivity index (χ4n) is 1.26. The molecule has 0 saturated heterocycles. The van der Waals surface area contributed by atoms with E-state index in [1.165, 1.54) is 0 Å². The lowest BCUT2D eigenvalue weighted by Crippen LogP contribution is -1.84. The van der Waals surface area contributed by atoms with Crippen LogP contribution in [-0.2, 0) is 0 Å². The molecule has 1 aromatic heterocycles. The lowest BCUT2D eigenvalue weighted by molar-refractivity contribution is 0.475. The molecule has 0 aliphatic heterocycles. The van der Waals surface area contributed by atoms with Gasteiger partial charge >= 0.3 is 0 Å². The van der Waals surface area contributed by atoms with Crippen LogP contribution in [0, 0.1) is 0 Å². The van der Waals surface area contributed by atoms with Crippen molar-refractivity contribution in [2.45, 2.75) is 0 Å². The number of hydrogen-bond acceptors (Lipinski definition) is 2. The normalized spacial score (nSPS) is 10.1. The molecule has 0 bridgehead atoms. The van der Waals surface area contributed by atoms with Crippen molar-refractivity contribution < 1.29 is 5.11 Å². The summed E-state index contributed by atoms with van der Waals surface area (Å²) in [5.74, 6) is 0.139. The van der Waals surface area contributed by atoms with E-state index in [2.05, 4.69) is 4.98 Å². The Balaban J connectivity index is 2.61. The Morgan fingerprint density at radius 1 is 1.07 bits per heavy atom. The Kier molecular flexibility index (Phi) is 2.37. The van der Waals surface area contributed by atoms with Crippen LogP contribution in [0.25, 0.3) is 11.3 Å². The fraction of sp³-hybridized carbons (Fsp3) is 0. The molecule has 0 saturated carbocycles. The van der Waals surface area contributed by atoms with Gasteiger partial charge in [0.15, 0.2) is 0 Å². The first-order valence-electron chi connectivity index (χ1n) is 4.18. The molecule has 0 spiro atoms. The van der Waals surface area contributed by atoms with E-state index in [1.54, 1.807) is 24.4 Å². The average molecular weight is 206 g/mol. The topological polar surface area (TPSA) is 33.1 Å². The third-order valence-corrected chi connectivity index (χ3v) is 2.24. The Morgan fingerprint density at radius 3 is 2.57 bits per heavy atom. The third kappa shape index (κ3) is 1.56. The molecule has 0 amide bonds. The minimum absolute atomic E-state index is 0.139. The van der Waals surface area contributed by atoms with Crippen LogP contribution in [0.2, 0.25) is 5.02 Å². The summed E-state index contributed by atoms with van der Waals surface area (Å²) < 4.78 is 0. The molecule has 70 valence electrons. The number of hydrogen-bond donors (Lipinski definition) is 1. The lowest BCUT2D eigenvalue weighted by Gasteiger charge is -2.04. The average Bonchev–Trinajstić information content (AvgIpc) is 2.20. The van der Waals surface area contributed by atoms with Crippen LogP contribution in [0.5, 0.6) is 5.75 Å². The van der Waals surface area contributed by atoms with Crippen LogP contribution in [0.15, 0.2) is 42.6 Å². The van der Waals surface area contributed by atoms with Crippen LogP contribution in [0.3, 0.4) is 0 Å². The Bertz CT molecular complexity index is 413. The van der Waals surface area contributed by atoms with Crippen LogP contribution in [0.1, 0.15) is 0 Å². The molecule has 0 aliphatic carbocycles. The second-order valence-corrected chi connectivity index (χ2v) is 3.26. The highest BCUT2D eigenvalue weighted by Crippen LogP contribution is 2.31. The summed E-state index contributed by atoms with van der Waals surface area (Å²) in [5.41, 5.74) is 1.25. The highest BCUT2D eigenvalue weighted by atomic mass is 35.5. The van der Waals surface area contributed by atoms with Crippen LogP contribution in [-0.4, -0.2) is 10.1 Å². The molecule has 14 heavy (non-hydrogen) atoms. The minimum atomic E-state index is 0.139. The van der Waals surface area contributed by atoms with E-state index in [1.807, 2.05) is 18.2 Å². The quantitative estimate of drug-likeness (QED) is 0.776. The zero-order valence-corrected chi connectivity index (χ0v) is 8.07. The van der Waals surface area contributed by atoms with Gasteiger partial charge in [0.25, 0.3) is 0 Å². The molecule has 0 unspecified atom stereocenters. The van der Waals surface area contributed by atoms with Gasteiger partial charge in [-0.3, -0.25) is 4.98 Å². The number of benzene rings is 1. The van der Waals surface area contributed by atoms with Gasteiger partial charge in [0.2, 0.25) is 0 Å². The van der Waals surface area contributed by atoms with E-state index in [0.717, 1.165) is 5.56 Å². The largest absolute Gasteiger partial charge is 0.506 e. The van der Waals surface area contributed by atoms with Crippen molar-refractivity contribution in [2.75, 3.05) is 0 Å². The summed E-state index contributed by atoms with van der Waals surface area (Å²) in [6, 6.07) is 10.6. The van der Waals surface area contributed by atoms with Crippen molar-refractivity contribution in [1.29, 1.82) is 0 Å². The molecule has 0 radical (unpaired) electrons. The molecule has 1 N–H and O–H groups in total. The number of aromatic hydroxyl groups is 1. The minimum Gasteiger partial charge on any atom is -0.506 e. The van der Waals surface area contributed by atoms with Crippen LogP contribution >= 0.6 is 11.6 Å². The Labute approximate surface area is 86.8 Å². The van der Waals surface area contributed by atoms with E-state index in [0.29, 0.717) is 10.7 Å². The van der Waals surface area contributed by atoms with Gasteiger partial charge in [0, 0.05) is 11.8 Å². The second-order valence-electron chi connectivity index (χ2n) is 2.85. The zero-order chi connectivity index (χ0) is 9.97. The first-order valence-corrected chi connectivity index (χ1v) is 4.56. The first kappa shape index (κ1) is 9.03. The molecular formula is C11H8ClNO. The fourth-order valence-corrected chi connectivity index (χ4v) is 1.48. The van der Waals surface area contributed by atoms with Crippen molar-refractivity contribution in [3.05, 3.63) is 47.6 Å². The van der Waals surface area contributed by atoms with E-state index in [9.17, 15) is 5.11 Å². The SMILES string of the molecule is Oc1cccnc1-c1ccccc1Cl. The number of aromatic nitrogens is 1. The summed E-state index contributed by atoms with van der Waals surface area (Å²) in [4.78, 5) is 4.07. The molecule has 1 heterocycles. The number of halogens is 1. The molecule has 0 fully saturated rings. The van der Waals surface area contributed by atoms with Crippen molar-refractivity contribution in [3.8, 4) is 17.0 Å². The number of pyridine rings is 1. The van der Waals surface area contributed by atoms with Gasteiger partial charge in [-0.25, -0.2) is 0 Å². The predicted octanol–water partition coefficient (Wildman–Crippen LogP) is 3.11. The maximum Gasteiger partial charge on any atom is 0.141 e. The molecule has 2 rings (SSSR count). The molecule has 0 aliphatic rings. The lowest BCUT2D eigenvalue weighted by atomic mass is 10.1. The van der Waals surface area contributed by atoms with Crippen molar-refractivity contribution in [3.63, 3.8) is 0 Å². The second kappa shape index (κ2) is 3.68. The van der Waals surface area contributed by atoms with E-state index >= 15 is 0 Å². The Hall–Kier alpha value is -1.54. The molecule has 0 atom stereocenters. The highest BCUT2D eigenvalue weighted by molar-refractivity contribution is 6.33. The predicted molar refractivity (Wildman–Crippen MR) is 56.3 cm³/mol. The highest BCUT2D eigenvalue weighted by Gasteiger charge is 2.07. The number of rotatable bonds is 1. The van der Waals surface area contributed by atoms with Gasteiger partial charge in [0.05, 0.1) is 5.02 Å². The third-order valence-electron chi connectivity index (χ3n) is 1.92. The standard InChI is InChI=1S/C11H8ClNO/c12-9-5-2-1-4-8(9)11-10(14)6-3-7-13-11/h1-7,14H. The molecule has 2 aromatic rings. The maximum atomic E-state index is 9.57. The number of nitrogens with zero attached hydrogens (tertiary/aromatic N) is 1. The summed E-state index contributed by atoms with van der Waals surface area (Å²) in [7, 11) is 0. The summed E-state index contributed by atoms with van der Waals surface area (Å²) >= 11 is 5.98. The van der Waals surface area contributed by atoms with E-state index in [4.69, 9.17) is 11.6 Å². The molecule has 3 heteroatoms. The smallest absolute Gasteiger partial charge is 0.141 e. The first-order chi connectivity index (χ1) is 6.79. The summed E-state index contributed by atoms with van der Waals surface area (Å²) in [5, 5.41) is 10.2. The van der Waals surface area contributed by atoms with Crippen molar-refractivity contribution in [2.24, 2.45) is 0 Å². The van der Waals surface area contributed by atoms with Gasteiger partial charge in [-0.05, 0) is 18.2 Å². The summed E-state index contributed by atoms with van der Waals surface area (Å²) in [6.07, 6.45) is 1.62. The van der Waals surface area contributed by atoms with Crippen molar-refractivity contribution >= 4 is 11.6 Å². The molecule has 1 aromatic carbocycles. The zero-order valence-electron chi connectivity index (χ0n) is 7.31. The van der Waals surface area contributed by atoms with Gasteiger partial charge in [0.1, 0.15) is 11.4 Å². The summed E-state index contributed by atoms with van der Waals surface area (Å²) in [6.45, 7) is 0. The van der Waals surface area contributed by atoms with E-state index in [-0.39, 0.29) is 5.75 Å². The van der Waals surface area contributed by atoms with Gasteiger partial charge in [-0.2, -0.15) is 0 Å². The van der Waals surface area contributed by atoms with Crippen LogP contribution < -0.4 is 0 Å². The van der Waals surface area contributed by atoms with Gasteiger partial charge < -0.3 is 5.11 Å². The van der Waals surface area contributed by atoms with Crippen molar-refractivity contribution in [1.82, 2.24) is 4.98 Å². The molecular weight excluding hydrogens is 198 g/mol. The maximum absolute atomic E-state index is 9.57. The van der Waals surface area contributed by atoms with E-state index < -0.39 is 0 Å². The van der Waals surface area contributed by atoms with Crippen LogP contribution in [0.4, 0.5) is 0 Å². The van der Waals surface area contributed by atoms with Gasteiger partial charge in [-0.1, -0.05) is 29.8 Å². The Morgan fingerprint density at radius 2 is 1.86 bits per heavy atom.